The molecule has 0 aromatic rings. The highest BCUT2D eigenvalue weighted by atomic mass is 16.5. The number of hydrogen-bond acceptors (Lipinski definition) is 2. The fourth-order valence-electron chi connectivity index (χ4n) is 1.24. The molecule has 0 saturated heterocycles. The van der Waals surface area contributed by atoms with Crippen molar-refractivity contribution in [3.8, 4) is 0 Å². The second kappa shape index (κ2) is 2.86. The van der Waals surface area contributed by atoms with Gasteiger partial charge in [-0.05, 0) is 25.3 Å². The molecular formula is C8H11O2. The van der Waals surface area contributed by atoms with E-state index in [9.17, 15) is 4.79 Å². The van der Waals surface area contributed by atoms with E-state index in [4.69, 9.17) is 4.74 Å². The molecule has 0 aromatic carbocycles. The Morgan fingerprint density at radius 1 is 1.80 bits per heavy atom. The Morgan fingerprint density at radius 3 is 3.00 bits per heavy atom. The Balaban J connectivity index is 2.58. The van der Waals surface area contributed by atoms with Crippen molar-refractivity contribution in [2.75, 3.05) is 0 Å². The maximum absolute atomic E-state index is 9.94. The van der Waals surface area contributed by atoms with E-state index in [-0.39, 0.29) is 5.60 Å². The molecular weight excluding hydrogens is 128 g/mol. The van der Waals surface area contributed by atoms with E-state index in [0.717, 1.165) is 19.3 Å². The van der Waals surface area contributed by atoms with Gasteiger partial charge < -0.3 is 4.74 Å². The number of rotatable bonds is 3. The molecule has 0 fully saturated rings. The third-order valence-corrected chi connectivity index (χ3v) is 2.00. The summed E-state index contributed by atoms with van der Waals surface area (Å²) in [5, 5.41) is 0. The first kappa shape index (κ1) is 7.32. The van der Waals surface area contributed by atoms with E-state index >= 15 is 0 Å². The van der Waals surface area contributed by atoms with E-state index in [0.29, 0.717) is 0 Å². The van der Waals surface area contributed by atoms with Gasteiger partial charge in [0.2, 0.25) is 0 Å². The minimum atomic E-state index is -0.318. The van der Waals surface area contributed by atoms with Gasteiger partial charge in [-0.1, -0.05) is 13.0 Å². The Kier molecular flexibility index (Phi) is 2.10. The number of ether oxygens (including phenoxy) is 1. The SMILES string of the molecule is CCC1(O[C]=O)C=CCC1. The van der Waals surface area contributed by atoms with Crippen molar-refractivity contribution in [3.63, 3.8) is 0 Å². The Bertz CT molecular complexity index is 151. The van der Waals surface area contributed by atoms with E-state index in [1.807, 2.05) is 19.1 Å². The summed E-state index contributed by atoms with van der Waals surface area (Å²) in [6, 6.07) is 0. The summed E-state index contributed by atoms with van der Waals surface area (Å²) in [7, 11) is 0. The first-order valence-electron chi connectivity index (χ1n) is 3.56. The molecule has 1 unspecified atom stereocenters. The van der Waals surface area contributed by atoms with Gasteiger partial charge in [0.1, 0.15) is 5.60 Å². The number of hydrogen-bond donors (Lipinski definition) is 0. The zero-order valence-electron chi connectivity index (χ0n) is 6.09. The molecule has 10 heavy (non-hydrogen) atoms. The standard InChI is InChI=1S/C8H11O2/c1-2-8(10-7-9)5-3-4-6-8/h3,5H,2,4,6H2,1H3. The van der Waals surface area contributed by atoms with Crippen LogP contribution in [-0.4, -0.2) is 12.1 Å². The normalized spacial score (nSPS) is 30.5. The summed E-state index contributed by atoms with van der Waals surface area (Å²) in [5.74, 6) is 0. The van der Waals surface area contributed by atoms with Crippen LogP contribution >= 0.6 is 0 Å². The monoisotopic (exact) mass is 139 g/mol. The molecule has 2 nitrogen and oxygen atoms in total. The molecule has 2 heteroatoms. The molecule has 1 rings (SSSR count). The third kappa shape index (κ3) is 1.20. The Labute approximate surface area is 60.9 Å². The van der Waals surface area contributed by atoms with Gasteiger partial charge in [-0.15, -0.1) is 0 Å². The fourth-order valence-corrected chi connectivity index (χ4v) is 1.24. The summed E-state index contributed by atoms with van der Waals surface area (Å²) in [6.07, 6.45) is 6.77. The van der Waals surface area contributed by atoms with Crippen LogP contribution in [0.1, 0.15) is 26.2 Å². The predicted octanol–water partition coefficient (Wildman–Crippen LogP) is 1.57. The molecule has 0 spiro atoms. The molecule has 0 heterocycles. The van der Waals surface area contributed by atoms with E-state index in [1.165, 1.54) is 6.47 Å². The zero-order valence-corrected chi connectivity index (χ0v) is 6.09. The Morgan fingerprint density at radius 2 is 2.60 bits per heavy atom. The average Bonchev–Trinajstić information content (AvgIpc) is 2.39. The molecule has 0 amide bonds. The maximum atomic E-state index is 9.94. The highest BCUT2D eigenvalue weighted by molar-refractivity contribution is 5.41. The van der Waals surface area contributed by atoms with Crippen molar-refractivity contribution in [2.24, 2.45) is 0 Å². The van der Waals surface area contributed by atoms with E-state index in [2.05, 4.69) is 0 Å². The molecule has 0 aromatic heterocycles. The average molecular weight is 139 g/mol. The smallest absolute Gasteiger partial charge is 0.418 e. The van der Waals surface area contributed by atoms with E-state index in [1.54, 1.807) is 0 Å². The topological polar surface area (TPSA) is 26.3 Å². The van der Waals surface area contributed by atoms with Crippen LogP contribution < -0.4 is 0 Å². The molecule has 1 atom stereocenters. The van der Waals surface area contributed by atoms with Crippen LogP contribution in [0.3, 0.4) is 0 Å². The molecule has 1 aliphatic rings. The lowest BCUT2D eigenvalue weighted by Crippen LogP contribution is -2.25. The van der Waals surface area contributed by atoms with Gasteiger partial charge >= 0.3 is 6.47 Å². The van der Waals surface area contributed by atoms with Crippen LogP contribution in [0.4, 0.5) is 0 Å². The zero-order chi connectivity index (χ0) is 7.45. The minimum Gasteiger partial charge on any atom is -0.446 e. The summed E-state index contributed by atoms with van der Waals surface area (Å²) in [4.78, 5) is 9.94. The fraction of sp³-hybridized carbons (Fsp3) is 0.625. The minimum absolute atomic E-state index is 0.318. The second-order valence-corrected chi connectivity index (χ2v) is 2.54. The highest BCUT2D eigenvalue weighted by Gasteiger charge is 2.29. The molecule has 0 N–H and O–H groups in total. The molecule has 0 aliphatic heterocycles. The van der Waals surface area contributed by atoms with Crippen LogP contribution in [0, 0.1) is 0 Å². The van der Waals surface area contributed by atoms with Crippen molar-refractivity contribution in [2.45, 2.75) is 31.8 Å². The van der Waals surface area contributed by atoms with Crippen molar-refractivity contribution in [1.29, 1.82) is 0 Å². The molecule has 0 saturated carbocycles. The number of allylic oxidation sites excluding steroid dienone is 1. The second-order valence-electron chi connectivity index (χ2n) is 2.54. The quantitative estimate of drug-likeness (QED) is 0.555. The Hall–Kier alpha value is -0.790. The first-order valence-corrected chi connectivity index (χ1v) is 3.56. The molecule has 55 valence electrons. The van der Waals surface area contributed by atoms with Gasteiger partial charge in [0.15, 0.2) is 0 Å². The van der Waals surface area contributed by atoms with Crippen LogP contribution in [-0.2, 0) is 9.53 Å². The number of carbonyl (C=O) groups excluding carboxylic acids is 1. The van der Waals surface area contributed by atoms with Gasteiger partial charge in [-0.2, -0.15) is 0 Å². The summed E-state index contributed by atoms with van der Waals surface area (Å²) >= 11 is 0. The predicted molar refractivity (Wildman–Crippen MR) is 38.2 cm³/mol. The summed E-state index contributed by atoms with van der Waals surface area (Å²) in [6.45, 7) is 3.51. The van der Waals surface area contributed by atoms with Crippen molar-refractivity contribution in [1.82, 2.24) is 0 Å². The lowest BCUT2D eigenvalue weighted by Gasteiger charge is -2.22. The van der Waals surface area contributed by atoms with E-state index < -0.39 is 0 Å². The largest absolute Gasteiger partial charge is 0.446 e. The maximum Gasteiger partial charge on any atom is 0.418 e. The van der Waals surface area contributed by atoms with Crippen molar-refractivity contribution in [3.05, 3.63) is 12.2 Å². The van der Waals surface area contributed by atoms with Crippen molar-refractivity contribution < 1.29 is 9.53 Å². The van der Waals surface area contributed by atoms with Gasteiger partial charge in [0.05, 0.1) is 0 Å². The summed E-state index contributed by atoms with van der Waals surface area (Å²) < 4.78 is 4.85. The van der Waals surface area contributed by atoms with Crippen LogP contribution in [0.25, 0.3) is 0 Å². The van der Waals surface area contributed by atoms with Gasteiger partial charge in [-0.3, -0.25) is 0 Å². The van der Waals surface area contributed by atoms with Gasteiger partial charge in [-0.25, -0.2) is 4.79 Å². The van der Waals surface area contributed by atoms with Crippen LogP contribution in [0.5, 0.6) is 0 Å². The lowest BCUT2D eigenvalue weighted by molar-refractivity contribution is 0.0952. The molecule has 1 radical (unpaired) electrons. The highest BCUT2D eigenvalue weighted by Crippen LogP contribution is 2.28. The summed E-state index contributed by atoms with van der Waals surface area (Å²) in [5.41, 5.74) is -0.318. The van der Waals surface area contributed by atoms with Crippen LogP contribution in [0.15, 0.2) is 12.2 Å². The molecule has 1 aliphatic carbocycles. The van der Waals surface area contributed by atoms with Gasteiger partial charge in [0.25, 0.3) is 0 Å². The third-order valence-electron chi connectivity index (χ3n) is 2.00. The van der Waals surface area contributed by atoms with Crippen molar-refractivity contribution >= 4 is 6.47 Å². The van der Waals surface area contributed by atoms with Gasteiger partial charge in [0, 0.05) is 0 Å². The molecule has 0 bridgehead atoms. The lowest BCUT2D eigenvalue weighted by atomic mass is 10.0. The van der Waals surface area contributed by atoms with Crippen LogP contribution in [0.2, 0.25) is 0 Å². The first-order chi connectivity index (χ1) is 4.83.